The Morgan fingerprint density at radius 3 is 2.83 bits per heavy atom. The molecule has 2 rings (SSSR count). The Labute approximate surface area is 118 Å². The van der Waals surface area contributed by atoms with Crippen LogP contribution < -0.4 is 10.1 Å². The van der Waals surface area contributed by atoms with E-state index >= 15 is 0 Å². The van der Waals surface area contributed by atoms with E-state index in [1.54, 1.807) is 0 Å². The number of rotatable bonds is 7. The van der Waals surface area contributed by atoms with Gasteiger partial charge < -0.3 is 10.1 Å². The molecule has 1 atom stereocenters. The van der Waals surface area contributed by atoms with E-state index in [0.717, 1.165) is 35.7 Å². The van der Waals surface area contributed by atoms with E-state index in [9.17, 15) is 0 Å². The zero-order valence-electron chi connectivity index (χ0n) is 11.2. The van der Waals surface area contributed by atoms with E-state index in [2.05, 4.69) is 28.2 Å². The first kappa shape index (κ1) is 13.9. The molecule has 0 bridgehead atoms. The third-order valence-corrected chi connectivity index (χ3v) is 4.37. The van der Waals surface area contributed by atoms with Crippen molar-refractivity contribution >= 4 is 15.9 Å². The van der Waals surface area contributed by atoms with Crippen molar-refractivity contribution in [1.29, 1.82) is 0 Å². The second-order valence-corrected chi connectivity index (χ2v) is 6.43. The van der Waals surface area contributed by atoms with Gasteiger partial charge in [-0.15, -0.1) is 0 Å². The van der Waals surface area contributed by atoms with Gasteiger partial charge >= 0.3 is 0 Å². The van der Waals surface area contributed by atoms with Crippen LogP contribution in [0.1, 0.15) is 26.2 Å². The topological polar surface area (TPSA) is 21.3 Å². The lowest BCUT2D eigenvalue weighted by Gasteiger charge is -2.29. The summed E-state index contributed by atoms with van der Waals surface area (Å²) >= 11 is 3.46. The molecule has 0 radical (unpaired) electrons. The summed E-state index contributed by atoms with van der Waals surface area (Å²) in [6.07, 6.45) is 3.88. The van der Waals surface area contributed by atoms with Gasteiger partial charge in [0.05, 0.1) is 6.61 Å². The van der Waals surface area contributed by atoms with Crippen LogP contribution in [0.5, 0.6) is 5.75 Å². The smallest absolute Gasteiger partial charge is 0.120 e. The van der Waals surface area contributed by atoms with Crippen molar-refractivity contribution in [3.63, 3.8) is 0 Å². The van der Waals surface area contributed by atoms with Crippen molar-refractivity contribution in [3.8, 4) is 5.75 Å². The fraction of sp³-hybridized carbons (Fsp3) is 0.600. The highest BCUT2D eigenvalue weighted by atomic mass is 79.9. The highest BCUT2D eigenvalue weighted by Crippen LogP contribution is 2.47. The molecule has 1 aromatic carbocycles. The summed E-state index contributed by atoms with van der Waals surface area (Å²) in [5.74, 6) is 1.84. The van der Waals surface area contributed by atoms with E-state index in [-0.39, 0.29) is 0 Å². The van der Waals surface area contributed by atoms with E-state index in [1.165, 1.54) is 12.8 Å². The zero-order valence-corrected chi connectivity index (χ0v) is 12.8. The van der Waals surface area contributed by atoms with Crippen LogP contribution in [0, 0.1) is 11.3 Å². The number of hydrogen-bond donors (Lipinski definition) is 1. The van der Waals surface area contributed by atoms with Gasteiger partial charge in [0.15, 0.2) is 0 Å². The van der Waals surface area contributed by atoms with Crippen LogP contribution in [0.4, 0.5) is 0 Å². The van der Waals surface area contributed by atoms with Gasteiger partial charge in [-0.05, 0) is 55.8 Å². The summed E-state index contributed by atoms with van der Waals surface area (Å²) in [5.41, 5.74) is 0.390. The van der Waals surface area contributed by atoms with Crippen LogP contribution in [0.15, 0.2) is 28.7 Å². The Morgan fingerprint density at radius 2 is 2.22 bits per heavy atom. The van der Waals surface area contributed by atoms with E-state index in [4.69, 9.17) is 4.74 Å². The van der Waals surface area contributed by atoms with Crippen LogP contribution in [0.2, 0.25) is 0 Å². The molecule has 1 unspecified atom stereocenters. The number of hydrogen-bond acceptors (Lipinski definition) is 2. The molecule has 1 fully saturated rings. The van der Waals surface area contributed by atoms with Gasteiger partial charge in [-0.25, -0.2) is 0 Å². The van der Waals surface area contributed by atoms with Crippen molar-refractivity contribution in [1.82, 2.24) is 5.32 Å². The lowest BCUT2D eigenvalue weighted by molar-refractivity contribution is 0.183. The van der Waals surface area contributed by atoms with Gasteiger partial charge in [0.25, 0.3) is 0 Å². The summed E-state index contributed by atoms with van der Waals surface area (Å²) in [7, 11) is 2.04. The molecule has 1 aliphatic carbocycles. The molecule has 0 spiro atoms. The van der Waals surface area contributed by atoms with Gasteiger partial charge in [0.1, 0.15) is 5.75 Å². The average Bonchev–Trinajstić information content (AvgIpc) is 3.13. The monoisotopic (exact) mass is 311 g/mol. The lowest BCUT2D eigenvalue weighted by atomic mass is 9.81. The van der Waals surface area contributed by atoms with Gasteiger partial charge in [-0.3, -0.25) is 0 Å². The first-order chi connectivity index (χ1) is 8.64. The highest BCUT2D eigenvalue weighted by Gasteiger charge is 2.40. The Hall–Kier alpha value is -0.540. The second kappa shape index (κ2) is 6.07. The summed E-state index contributed by atoms with van der Waals surface area (Å²) in [6.45, 7) is 4.26. The normalized spacial score (nSPS) is 18.4. The summed E-state index contributed by atoms with van der Waals surface area (Å²) < 4.78 is 6.92. The maximum absolute atomic E-state index is 5.85. The molecule has 1 aliphatic rings. The molecule has 0 heterocycles. The molecule has 0 amide bonds. The van der Waals surface area contributed by atoms with Gasteiger partial charge in [-0.1, -0.05) is 28.9 Å². The summed E-state index contributed by atoms with van der Waals surface area (Å²) in [4.78, 5) is 0. The van der Waals surface area contributed by atoms with Crippen LogP contribution >= 0.6 is 15.9 Å². The van der Waals surface area contributed by atoms with Gasteiger partial charge in [0.2, 0.25) is 0 Å². The third kappa shape index (κ3) is 3.72. The van der Waals surface area contributed by atoms with Crippen molar-refractivity contribution in [3.05, 3.63) is 28.7 Å². The third-order valence-electron chi connectivity index (χ3n) is 3.88. The maximum atomic E-state index is 5.85. The second-order valence-electron chi connectivity index (χ2n) is 5.51. The van der Waals surface area contributed by atoms with Crippen LogP contribution in [-0.2, 0) is 0 Å². The SMILES string of the molecule is CNCC(C)(CCOc1cccc(Br)c1)C1CC1. The summed E-state index contributed by atoms with van der Waals surface area (Å²) in [6, 6.07) is 8.05. The average molecular weight is 312 g/mol. The van der Waals surface area contributed by atoms with Crippen molar-refractivity contribution in [2.75, 3.05) is 20.2 Å². The number of ether oxygens (including phenoxy) is 1. The molecular weight excluding hydrogens is 290 g/mol. The molecule has 0 aromatic heterocycles. The predicted octanol–water partition coefficient (Wildman–Crippen LogP) is 3.85. The lowest BCUT2D eigenvalue weighted by Crippen LogP contribution is -2.33. The Morgan fingerprint density at radius 1 is 1.44 bits per heavy atom. The van der Waals surface area contributed by atoms with E-state index in [1.807, 2.05) is 31.3 Å². The zero-order chi connectivity index (χ0) is 13.0. The van der Waals surface area contributed by atoms with Crippen LogP contribution in [0.25, 0.3) is 0 Å². The first-order valence-electron chi connectivity index (χ1n) is 6.67. The summed E-state index contributed by atoms with van der Waals surface area (Å²) in [5, 5.41) is 3.32. The fourth-order valence-corrected chi connectivity index (χ4v) is 2.96. The molecule has 100 valence electrons. The first-order valence-corrected chi connectivity index (χ1v) is 7.46. The quantitative estimate of drug-likeness (QED) is 0.825. The standard InChI is InChI=1S/C15H22BrNO/c1-15(11-17-2,12-6-7-12)8-9-18-14-5-3-4-13(16)10-14/h3-5,10,12,17H,6-9,11H2,1-2H3. The molecule has 3 heteroatoms. The largest absolute Gasteiger partial charge is 0.494 e. The minimum Gasteiger partial charge on any atom is -0.494 e. The molecule has 1 aromatic rings. The Kier molecular flexibility index (Phi) is 4.68. The number of benzene rings is 1. The number of nitrogens with one attached hydrogen (secondary N) is 1. The highest BCUT2D eigenvalue weighted by molar-refractivity contribution is 9.10. The van der Waals surface area contributed by atoms with Crippen molar-refractivity contribution in [2.45, 2.75) is 26.2 Å². The van der Waals surface area contributed by atoms with Crippen molar-refractivity contribution < 1.29 is 4.74 Å². The minimum absolute atomic E-state index is 0.390. The van der Waals surface area contributed by atoms with Gasteiger partial charge in [-0.2, -0.15) is 0 Å². The molecule has 1 saturated carbocycles. The molecular formula is C15H22BrNO. The van der Waals surface area contributed by atoms with E-state index < -0.39 is 0 Å². The van der Waals surface area contributed by atoms with Crippen molar-refractivity contribution in [2.24, 2.45) is 11.3 Å². The maximum Gasteiger partial charge on any atom is 0.120 e. The Balaban J connectivity index is 1.83. The number of halogens is 1. The minimum atomic E-state index is 0.390. The van der Waals surface area contributed by atoms with E-state index in [0.29, 0.717) is 5.41 Å². The molecule has 0 aliphatic heterocycles. The Bertz CT molecular complexity index is 392. The molecule has 0 saturated heterocycles. The molecule has 1 N–H and O–H groups in total. The van der Waals surface area contributed by atoms with Gasteiger partial charge in [0, 0.05) is 11.0 Å². The fourth-order valence-electron chi connectivity index (χ4n) is 2.58. The van der Waals surface area contributed by atoms with Crippen LogP contribution in [-0.4, -0.2) is 20.2 Å². The molecule has 18 heavy (non-hydrogen) atoms. The predicted molar refractivity (Wildman–Crippen MR) is 79.0 cm³/mol. The van der Waals surface area contributed by atoms with Crippen LogP contribution in [0.3, 0.4) is 0 Å². The molecule has 2 nitrogen and oxygen atoms in total.